The number of hydrogen-bond acceptors (Lipinski definition) is 4. The van der Waals surface area contributed by atoms with Crippen LogP contribution >= 0.6 is 0 Å². The van der Waals surface area contributed by atoms with Gasteiger partial charge in [-0.25, -0.2) is 4.79 Å². The van der Waals surface area contributed by atoms with Gasteiger partial charge in [-0.15, -0.1) is 0 Å². The number of rotatable bonds is 5. The van der Waals surface area contributed by atoms with Crippen LogP contribution in [0.4, 0.5) is 18.9 Å². The van der Waals surface area contributed by atoms with Crippen LogP contribution in [-0.2, 0) is 22.3 Å². The van der Waals surface area contributed by atoms with Crippen molar-refractivity contribution in [3.05, 3.63) is 81.4 Å². The van der Waals surface area contributed by atoms with Gasteiger partial charge < -0.3 is 4.74 Å². The van der Waals surface area contributed by atoms with Crippen molar-refractivity contribution in [3.8, 4) is 0 Å². The van der Waals surface area contributed by atoms with Crippen molar-refractivity contribution in [3.63, 3.8) is 0 Å². The van der Waals surface area contributed by atoms with Crippen molar-refractivity contribution in [2.45, 2.75) is 12.8 Å². The third kappa shape index (κ3) is 5.45. The molecule has 130 valence electrons. The van der Waals surface area contributed by atoms with E-state index in [0.717, 1.165) is 18.2 Å². The molecule has 0 unspecified atom stereocenters. The largest absolute Gasteiger partial charge is 0.458 e. The van der Waals surface area contributed by atoms with Gasteiger partial charge in [0.1, 0.15) is 6.61 Å². The molecule has 0 radical (unpaired) electrons. The summed E-state index contributed by atoms with van der Waals surface area (Å²) >= 11 is 0. The number of alkyl halides is 3. The smallest absolute Gasteiger partial charge is 0.416 e. The molecule has 0 aliphatic rings. The molecule has 0 bridgehead atoms. The molecule has 0 saturated carbocycles. The molecule has 5 nitrogen and oxygen atoms in total. The number of hydrogen-bond donors (Lipinski definition) is 0. The lowest BCUT2D eigenvalue weighted by Crippen LogP contribution is -2.04. The van der Waals surface area contributed by atoms with E-state index in [4.69, 9.17) is 4.74 Å². The second-order valence-electron chi connectivity index (χ2n) is 4.99. The Morgan fingerprint density at radius 1 is 1.16 bits per heavy atom. The van der Waals surface area contributed by atoms with Crippen LogP contribution in [0.5, 0.6) is 0 Å². The van der Waals surface area contributed by atoms with E-state index in [1.54, 1.807) is 6.07 Å². The summed E-state index contributed by atoms with van der Waals surface area (Å²) in [6, 6.07) is 10.1. The van der Waals surface area contributed by atoms with Crippen molar-refractivity contribution in [2.24, 2.45) is 0 Å². The van der Waals surface area contributed by atoms with Crippen LogP contribution in [0, 0.1) is 10.1 Å². The Bertz CT molecular complexity index is 816. The average Bonchev–Trinajstić information content (AvgIpc) is 2.58. The Hall–Kier alpha value is -3.16. The molecule has 0 spiro atoms. The number of nitro benzene ring substituents is 1. The van der Waals surface area contributed by atoms with Crippen LogP contribution in [0.3, 0.4) is 0 Å². The Morgan fingerprint density at radius 2 is 1.88 bits per heavy atom. The van der Waals surface area contributed by atoms with Gasteiger partial charge in [-0.1, -0.05) is 24.3 Å². The zero-order valence-corrected chi connectivity index (χ0v) is 12.7. The Morgan fingerprint density at radius 3 is 2.56 bits per heavy atom. The maximum Gasteiger partial charge on any atom is 0.416 e. The molecule has 25 heavy (non-hydrogen) atoms. The van der Waals surface area contributed by atoms with E-state index in [9.17, 15) is 28.1 Å². The van der Waals surface area contributed by atoms with Gasteiger partial charge in [0.25, 0.3) is 5.69 Å². The SMILES string of the molecule is O=C(/C=C/c1cccc(C(F)(F)F)c1)OCc1cccc([N+](=O)[O-])c1. The fraction of sp³-hybridized carbons (Fsp3) is 0.118. The fourth-order valence-electron chi connectivity index (χ4n) is 1.95. The molecule has 0 aliphatic carbocycles. The lowest BCUT2D eigenvalue weighted by molar-refractivity contribution is -0.384. The average molecular weight is 351 g/mol. The molecule has 8 heteroatoms. The second kappa shape index (κ2) is 7.61. The molecule has 0 N–H and O–H groups in total. The van der Waals surface area contributed by atoms with E-state index in [1.807, 2.05) is 0 Å². The summed E-state index contributed by atoms with van der Waals surface area (Å²) in [7, 11) is 0. The summed E-state index contributed by atoms with van der Waals surface area (Å²) in [5.74, 6) is -0.774. The van der Waals surface area contributed by atoms with Crippen molar-refractivity contribution in [1.29, 1.82) is 0 Å². The maximum atomic E-state index is 12.6. The predicted molar refractivity (Wildman–Crippen MR) is 83.4 cm³/mol. The number of esters is 1. The highest BCUT2D eigenvalue weighted by atomic mass is 19.4. The van der Waals surface area contributed by atoms with Crippen molar-refractivity contribution < 1.29 is 27.6 Å². The van der Waals surface area contributed by atoms with Crippen molar-refractivity contribution >= 4 is 17.7 Å². The first-order valence-corrected chi connectivity index (χ1v) is 7.01. The molecular formula is C17H12F3NO4. The number of nitrogens with zero attached hydrogens (tertiary/aromatic N) is 1. The molecule has 2 rings (SSSR count). The first-order chi connectivity index (χ1) is 11.8. The van der Waals surface area contributed by atoms with Gasteiger partial charge in [0.15, 0.2) is 0 Å². The number of non-ortho nitro benzene ring substituents is 1. The number of carbonyl (C=O) groups is 1. The van der Waals surface area contributed by atoms with Crippen LogP contribution in [-0.4, -0.2) is 10.9 Å². The molecule has 0 heterocycles. The Balaban J connectivity index is 1.97. The highest BCUT2D eigenvalue weighted by molar-refractivity contribution is 5.87. The zero-order valence-electron chi connectivity index (χ0n) is 12.7. The lowest BCUT2D eigenvalue weighted by Gasteiger charge is -2.06. The van der Waals surface area contributed by atoms with Crippen LogP contribution in [0.2, 0.25) is 0 Å². The lowest BCUT2D eigenvalue weighted by atomic mass is 10.1. The number of halogens is 3. The maximum absolute atomic E-state index is 12.6. The highest BCUT2D eigenvalue weighted by Gasteiger charge is 2.30. The van der Waals surface area contributed by atoms with Gasteiger partial charge in [0, 0.05) is 18.2 Å². The van der Waals surface area contributed by atoms with E-state index in [0.29, 0.717) is 5.56 Å². The minimum absolute atomic E-state index is 0.131. The molecule has 0 aliphatic heterocycles. The highest BCUT2D eigenvalue weighted by Crippen LogP contribution is 2.29. The van der Waals surface area contributed by atoms with Gasteiger partial charge in [-0.2, -0.15) is 13.2 Å². The monoisotopic (exact) mass is 351 g/mol. The summed E-state index contributed by atoms with van der Waals surface area (Å²) in [6.45, 7) is -0.187. The third-order valence-electron chi connectivity index (χ3n) is 3.13. The van der Waals surface area contributed by atoms with E-state index in [-0.39, 0.29) is 17.9 Å². The fourth-order valence-corrected chi connectivity index (χ4v) is 1.95. The quantitative estimate of drug-likeness (QED) is 0.347. The number of carbonyl (C=O) groups excluding carboxylic acids is 1. The molecule has 2 aromatic rings. The molecule has 0 aromatic heterocycles. The van der Waals surface area contributed by atoms with E-state index in [1.165, 1.54) is 36.4 Å². The second-order valence-corrected chi connectivity index (χ2v) is 4.99. The molecule has 0 fully saturated rings. The molecular weight excluding hydrogens is 339 g/mol. The minimum atomic E-state index is -4.47. The van der Waals surface area contributed by atoms with Gasteiger partial charge in [0.2, 0.25) is 0 Å². The van der Waals surface area contributed by atoms with Crippen molar-refractivity contribution in [2.75, 3.05) is 0 Å². The zero-order chi connectivity index (χ0) is 18.4. The molecule has 0 atom stereocenters. The minimum Gasteiger partial charge on any atom is -0.458 e. The van der Waals surface area contributed by atoms with Gasteiger partial charge >= 0.3 is 12.1 Å². The summed E-state index contributed by atoms with van der Waals surface area (Å²) in [5, 5.41) is 10.7. The predicted octanol–water partition coefficient (Wildman–Crippen LogP) is 4.37. The summed E-state index contributed by atoms with van der Waals surface area (Å²) in [4.78, 5) is 21.7. The van der Waals surface area contributed by atoms with Crippen LogP contribution in [0.15, 0.2) is 54.6 Å². The Kier molecular flexibility index (Phi) is 5.53. The number of ether oxygens (including phenoxy) is 1. The summed E-state index contributed by atoms with van der Waals surface area (Å²) in [6.07, 6.45) is -2.27. The van der Waals surface area contributed by atoms with Crippen molar-refractivity contribution in [1.82, 2.24) is 0 Å². The van der Waals surface area contributed by atoms with E-state index in [2.05, 4.69) is 0 Å². The summed E-state index contributed by atoms with van der Waals surface area (Å²) < 4.78 is 42.7. The van der Waals surface area contributed by atoms with E-state index >= 15 is 0 Å². The molecule has 0 saturated heterocycles. The summed E-state index contributed by atoms with van der Waals surface area (Å²) in [5.41, 5.74) is -0.329. The normalized spacial score (nSPS) is 11.5. The first-order valence-electron chi connectivity index (χ1n) is 7.01. The number of nitro groups is 1. The molecule has 2 aromatic carbocycles. The van der Waals surface area contributed by atoms with Crippen LogP contribution in [0.25, 0.3) is 6.08 Å². The third-order valence-corrected chi connectivity index (χ3v) is 3.13. The first kappa shape index (κ1) is 18.2. The van der Waals surface area contributed by atoms with E-state index < -0.39 is 22.6 Å². The van der Waals surface area contributed by atoms with Gasteiger partial charge in [-0.05, 0) is 29.3 Å². The van der Waals surface area contributed by atoms with Gasteiger partial charge in [-0.3, -0.25) is 10.1 Å². The number of benzene rings is 2. The Labute approximate surface area is 140 Å². The topological polar surface area (TPSA) is 69.4 Å². The standard InChI is InChI=1S/C17H12F3NO4/c18-17(19,20)14-5-1-3-12(9-14)7-8-16(22)25-11-13-4-2-6-15(10-13)21(23)24/h1-10H,11H2/b8-7+. The van der Waals surface area contributed by atoms with Gasteiger partial charge in [0.05, 0.1) is 10.5 Å². The van der Waals surface area contributed by atoms with Crippen LogP contribution < -0.4 is 0 Å². The van der Waals surface area contributed by atoms with Crippen LogP contribution in [0.1, 0.15) is 16.7 Å². The molecule has 0 amide bonds.